The largest absolute Gasteiger partial charge is 0.339 e. The predicted octanol–water partition coefficient (Wildman–Crippen LogP) is 3.54. The van der Waals surface area contributed by atoms with Gasteiger partial charge in [0.15, 0.2) is 0 Å². The zero-order chi connectivity index (χ0) is 17.9. The molecule has 2 aromatic carbocycles. The number of sulfonamides is 1. The Labute approximate surface area is 142 Å². The van der Waals surface area contributed by atoms with Gasteiger partial charge in [-0.2, -0.15) is 0 Å². The fraction of sp³-hybridized carbons (Fsp3) is 0.133. The topological polar surface area (TPSA) is 66.5 Å². The van der Waals surface area contributed by atoms with Gasteiger partial charge in [-0.15, -0.1) is 0 Å². The van der Waals surface area contributed by atoms with Gasteiger partial charge in [-0.1, -0.05) is 6.07 Å². The molecule has 2 aromatic rings. The number of hydrogen-bond donors (Lipinski definition) is 1. The number of halogens is 2. The zero-order valence-electron chi connectivity index (χ0n) is 12.8. The molecule has 0 aliphatic heterocycles. The second kappa shape index (κ2) is 7.18. The number of nitrogens with zero attached hydrogens (tertiary/aromatic N) is 1. The van der Waals surface area contributed by atoms with Gasteiger partial charge in [0.1, 0.15) is 11.6 Å². The fourth-order valence-corrected chi connectivity index (χ4v) is 3.52. The quantitative estimate of drug-likeness (QED) is 0.834. The number of hydrogen-bond acceptors (Lipinski definition) is 4. The van der Waals surface area contributed by atoms with Crippen LogP contribution in [0.5, 0.6) is 0 Å². The van der Waals surface area contributed by atoms with Gasteiger partial charge >= 0.3 is 0 Å². The van der Waals surface area contributed by atoms with Crippen LogP contribution < -0.4 is 4.72 Å². The van der Waals surface area contributed by atoms with Crippen LogP contribution in [-0.4, -0.2) is 32.7 Å². The Bertz CT molecular complexity index is 851. The van der Waals surface area contributed by atoms with E-state index in [1.807, 2.05) is 0 Å². The Morgan fingerprint density at radius 2 is 1.71 bits per heavy atom. The minimum Gasteiger partial charge on any atom is -0.339 e. The van der Waals surface area contributed by atoms with Crippen molar-refractivity contribution >= 4 is 32.7 Å². The smallest absolute Gasteiger partial charge is 0.285 e. The van der Waals surface area contributed by atoms with Crippen molar-refractivity contribution in [2.75, 3.05) is 18.8 Å². The summed E-state index contributed by atoms with van der Waals surface area (Å²) in [7, 11) is -0.959. The van der Waals surface area contributed by atoms with E-state index in [0.29, 0.717) is 11.0 Å². The summed E-state index contributed by atoms with van der Waals surface area (Å²) < 4.78 is 53.1. The van der Waals surface area contributed by atoms with Crippen molar-refractivity contribution < 1.29 is 22.0 Å². The second-order valence-corrected chi connectivity index (χ2v) is 7.71. The van der Waals surface area contributed by atoms with Crippen LogP contribution in [0, 0.1) is 11.6 Å². The van der Waals surface area contributed by atoms with Crippen LogP contribution in [-0.2, 0) is 10.0 Å². The molecule has 0 radical (unpaired) electrons. The molecule has 0 aliphatic rings. The standard InChI is InChI=1S/C15H14F2N2O3S2/c1-19(2)15(20)23-13-5-3-4-12(9-13)18-24(21,22)14-7-10(16)6-11(17)8-14/h3-9,18H,1-2H3. The third-order valence-electron chi connectivity index (χ3n) is 2.80. The van der Waals surface area contributed by atoms with Crippen molar-refractivity contribution in [3.8, 4) is 0 Å². The molecule has 0 atom stereocenters. The highest BCUT2D eigenvalue weighted by atomic mass is 32.2. The number of thioether (sulfide) groups is 1. The van der Waals surface area contributed by atoms with Gasteiger partial charge in [0.05, 0.1) is 4.90 Å². The molecule has 128 valence electrons. The molecule has 24 heavy (non-hydrogen) atoms. The van der Waals surface area contributed by atoms with Gasteiger partial charge < -0.3 is 4.90 Å². The summed E-state index contributed by atoms with van der Waals surface area (Å²) in [5.74, 6) is -1.98. The normalized spacial score (nSPS) is 11.2. The van der Waals surface area contributed by atoms with Gasteiger partial charge in [-0.25, -0.2) is 17.2 Å². The van der Waals surface area contributed by atoms with E-state index < -0.39 is 26.6 Å². The van der Waals surface area contributed by atoms with E-state index in [4.69, 9.17) is 0 Å². The van der Waals surface area contributed by atoms with Gasteiger partial charge in [0.25, 0.3) is 15.3 Å². The Balaban J connectivity index is 2.25. The summed E-state index contributed by atoms with van der Waals surface area (Å²) in [4.78, 5) is 13.1. The van der Waals surface area contributed by atoms with E-state index in [9.17, 15) is 22.0 Å². The van der Waals surface area contributed by atoms with Crippen LogP contribution in [0.25, 0.3) is 0 Å². The van der Waals surface area contributed by atoms with Crippen LogP contribution in [0.1, 0.15) is 0 Å². The van der Waals surface area contributed by atoms with Gasteiger partial charge in [0, 0.05) is 30.7 Å². The van der Waals surface area contributed by atoms with E-state index in [0.717, 1.165) is 23.9 Å². The zero-order valence-corrected chi connectivity index (χ0v) is 14.4. The molecular weight excluding hydrogens is 358 g/mol. The maximum atomic E-state index is 13.2. The first-order valence-electron chi connectivity index (χ1n) is 6.65. The summed E-state index contributed by atoms with van der Waals surface area (Å²) in [5.41, 5.74) is 0.177. The number of benzene rings is 2. The molecule has 0 aliphatic carbocycles. The number of amides is 1. The maximum absolute atomic E-state index is 13.2. The minimum absolute atomic E-state index is 0.177. The number of nitrogens with one attached hydrogen (secondary N) is 1. The Hall–Kier alpha value is -2.13. The maximum Gasteiger partial charge on any atom is 0.285 e. The third-order valence-corrected chi connectivity index (χ3v) is 5.19. The van der Waals surface area contributed by atoms with Gasteiger partial charge in [-0.3, -0.25) is 9.52 Å². The second-order valence-electron chi connectivity index (χ2n) is 5.00. The summed E-state index contributed by atoms with van der Waals surface area (Å²) in [6.45, 7) is 0. The summed E-state index contributed by atoms with van der Waals surface area (Å²) in [6, 6.07) is 8.17. The number of carbonyl (C=O) groups excluding carboxylic acids is 1. The van der Waals surface area contributed by atoms with Crippen molar-refractivity contribution in [2.45, 2.75) is 9.79 Å². The van der Waals surface area contributed by atoms with Gasteiger partial charge in [0.2, 0.25) is 0 Å². The molecule has 1 amide bonds. The molecule has 0 spiro atoms. The average Bonchev–Trinajstić information content (AvgIpc) is 2.46. The van der Waals surface area contributed by atoms with Crippen molar-refractivity contribution in [2.24, 2.45) is 0 Å². The molecule has 0 fully saturated rings. The van der Waals surface area contributed by atoms with Crippen molar-refractivity contribution in [1.82, 2.24) is 4.90 Å². The highest BCUT2D eigenvalue weighted by Crippen LogP contribution is 2.25. The molecule has 0 saturated heterocycles. The third kappa shape index (κ3) is 4.68. The van der Waals surface area contributed by atoms with Crippen LogP contribution in [0.4, 0.5) is 19.3 Å². The van der Waals surface area contributed by atoms with Crippen molar-refractivity contribution in [3.05, 3.63) is 54.1 Å². The summed E-state index contributed by atoms with van der Waals surface area (Å²) in [6.07, 6.45) is 0. The van der Waals surface area contributed by atoms with E-state index >= 15 is 0 Å². The molecule has 1 N–H and O–H groups in total. The molecule has 0 unspecified atom stereocenters. The highest BCUT2D eigenvalue weighted by Gasteiger charge is 2.17. The van der Waals surface area contributed by atoms with E-state index in [1.165, 1.54) is 17.0 Å². The van der Waals surface area contributed by atoms with Crippen molar-refractivity contribution in [3.63, 3.8) is 0 Å². The molecule has 0 saturated carbocycles. The number of anilines is 1. The van der Waals surface area contributed by atoms with Crippen molar-refractivity contribution in [1.29, 1.82) is 0 Å². The Morgan fingerprint density at radius 3 is 2.29 bits per heavy atom. The van der Waals surface area contributed by atoms with Crippen LogP contribution in [0.3, 0.4) is 0 Å². The highest BCUT2D eigenvalue weighted by molar-refractivity contribution is 8.13. The molecular formula is C15H14F2N2O3S2. The molecule has 5 nitrogen and oxygen atoms in total. The monoisotopic (exact) mass is 372 g/mol. The van der Waals surface area contributed by atoms with E-state index in [-0.39, 0.29) is 10.9 Å². The molecule has 0 aromatic heterocycles. The molecule has 0 heterocycles. The lowest BCUT2D eigenvalue weighted by molar-refractivity contribution is 0.241. The molecule has 2 rings (SSSR count). The number of carbonyl (C=O) groups is 1. The first kappa shape index (κ1) is 18.2. The van der Waals surface area contributed by atoms with E-state index in [2.05, 4.69) is 4.72 Å². The summed E-state index contributed by atoms with van der Waals surface area (Å²) >= 11 is 0.925. The van der Waals surface area contributed by atoms with Crippen LogP contribution in [0.15, 0.2) is 52.3 Å². The molecule has 0 bridgehead atoms. The first-order chi connectivity index (χ1) is 11.2. The Kier molecular flexibility index (Phi) is 5.45. The average molecular weight is 372 g/mol. The number of rotatable bonds is 4. The Morgan fingerprint density at radius 1 is 1.08 bits per heavy atom. The lowest BCUT2D eigenvalue weighted by atomic mass is 10.3. The minimum atomic E-state index is -4.15. The lowest BCUT2D eigenvalue weighted by Gasteiger charge is -2.11. The molecule has 9 heteroatoms. The van der Waals surface area contributed by atoms with Gasteiger partial charge in [-0.05, 0) is 42.1 Å². The predicted molar refractivity (Wildman–Crippen MR) is 88.5 cm³/mol. The fourth-order valence-electron chi connectivity index (χ4n) is 1.71. The first-order valence-corrected chi connectivity index (χ1v) is 8.95. The van der Waals surface area contributed by atoms with Crippen LogP contribution >= 0.6 is 11.8 Å². The summed E-state index contributed by atoms with van der Waals surface area (Å²) in [5, 5.41) is -0.220. The SMILES string of the molecule is CN(C)C(=O)Sc1cccc(NS(=O)(=O)c2cc(F)cc(F)c2)c1. The van der Waals surface area contributed by atoms with Crippen LogP contribution in [0.2, 0.25) is 0 Å². The van der Waals surface area contributed by atoms with E-state index in [1.54, 1.807) is 26.2 Å². The lowest BCUT2D eigenvalue weighted by Crippen LogP contribution is -2.16.